The Kier molecular flexibility index (Phi) is 5.37. The molecule has 0 bridgehead atoms. The Bertz CT molecular complexity index is 974. The lowest BCUT2D eigenvalue weighted by molar-refractivity contribution is 0.0124. The van der Waals surface area contributed by atoms with Crippen LogP contribution in [-0.2, 0) is 10.0 Å². The molecule has 4 atom stereocenters. The minimum atomic E-state index is -3.53. The lowest BCUT2D eigenvalue weighted by Gasteiger charge is -2.54. The van der Waals surface area contributed by atoms with E-state index >= 15 is 0 Å². The van der Waals surface area contributed by atoms with E-state index < -0.39 is 10.0 Å². The zero-order valence-electron chi connectivity index (χ0n) is 18.2. The van der Waals surface area contributed by atoms with Crippen molar-refractivity contribution in [3.05, 3.63) is 64.7 Å². The zero-order chi connectivity index (χ0) is 20.9. The molecule has 2 fully saturated rings. The summed E-state index contributed by atoms with van der Waals surface area (Å²) in [5.74, 6) is 1.85. The molecule has 29 heavy (non-hydrogen) atoms. The van der Waals surface area contributed by atoms with E-state index in [1.54, 1.807) is 0 Å². The molecule has 1 aliphatic carbocycles. The molecule has 1 heterocycles. The van der Waals surface area contributed by atoms with Gasteiger partial charge >= 0.3 is 0 Å². The monoisotopic (exact) mass is 411 g/mol. The van der Waals surface area contributed by atoms with Crippen molar-refractivity contribution < 1.29 is 8.42 Å². The van der Waals surface area contributed by atoms with Crippen molar-refractivity contribution in [2.45, 2.75) is 64.3 Å². The smallest absolute Gasteiger partial charge is 0.207 e. The summed E-state index contributed by atoms with van der Waals surface area (Å²) in [4.78, 5) is 0.516. The van der Waals surface area contributed by atoms with Gasteiger partial charge in [-0.05, 0) is 74.0 Å². The van der Waals surface area contributed by atoms with Gasteiger partial charge in [0.2, 0.25) is 10.0 Å². The topological polar surface area (TPSA) is 37.4 Å². The van der Waals surface area contributed by atoms with Gasteiger partial charge in [0.05, 0.1) is 4.90 Å². The Labute approximate surface area is 176 Å². The van der Waals surface area contributed by atoms with E-state index in [0.717, 1.165) is 23.1 Å². The van der Waals surface area contributed by atoms with Gasteiger partial charge < -0.3 is 0 Å². The molecule has 1 saturated carbocycles. The molecule has 156 valence electrons. The van der Waals surface area contributed by atoms with Gasteiger partial charge in [0.15, 0.2) is 0 Å². The van der Waals surface area contributed by atoms with Crippen LogP contribution in [0.3, 0.4) is 0 Å². The Morgan fingerprint density at radius 3 is 2.17 bits per heavy atom. The van der Waals surface area contributed by atoms with Crippen LogP contribution in [0.15, 0.2) is 47.4 Å². The fraction of sp³-hybridized carbons (Fsp3) is 0.520. The predicted molar refractivity (Wildman–Crippen MR) is 119 cm³/mol. The summed E-state index contributed by atoms with van der Waals surface area (Å²) in [6, 6.07) is 14.7. The van der Waals surface area contributed by atoms with Gasteiger partial charge in [0.1, 0.15) is 0 Å². The van der Waals surface area contributed by atoms with Crippen LogP contribution in [0, 0.1) is 38.5 Å². The Morgan fingerprint density at radius 1 is 0.966 bits per heavy atom. The van der Waals surface area contributed by atoms with Crippen molar-refractivity contribution in [3.63, 3.8) is 0 Å². The molecule has 0 amide bonds. The minimum absolute atomic E-state index is 0.0816. The number of nitrogens with zero attached hydrogens (tertiary/aromatic N) is 1. The molecule has 2 aromatic rings. The first kappa shape index (κ1) is 20.6. The second-order valence-electron chi connectivity index (χ2n) is 9.53. The van der Waals surface area contributed by atoms with Crippen LogP contribution in [0.25, 0.3) is 0 Å². The number of rotatable bonds is 4. The first-order valence-electron chi connectivity index (χ1n) is 10.8. The van der Waals surface area contributed by atoms with Gasteiger partial charge in [-0.2, -0.15) is 4.31 Å². The van der Waals surface area contributed by atoms with Gasteiger partial charge in [-0.1, -0.05) is 61.9 Å². The fourth-order valence-electron chi connectivity index (χ4n) is 5.78. The van der Waals surface area contributed by atoms with E-state index in [9.17, 15) is 8.42 Å². The molecule has 0 aromatic heterocycles. The van der Waals surface area contributed by atoms with E-state index in [0.29, 0.717) is 35.1 Å². The highest BCUT2D eigenvalue weighted by molar-refractivity contribution is 7.89. The highest BCUT2D eigenvalue weighted by Gasteiger charge is 2.51. The quantitative estimate of drug-likeness (QED) is 0.671. The highest BCUT2D eigenvalue weighted by atomic mass is 32.2. The van der Waals surface area contributed by atoms with Crippen molar-refractivity contribution in [1.29, 1.82) is 0 Å². The summed E-state index contributed by atoms with van der Waals surface area (Å²) in [6.45, 7) is 10.9. The molecule has 1 aliphatic heterocycles. The molecular formula is C25H33NO2S. The second-order valence-corrected chi connectivity index (χ2v) is 11.4. The largest absolute Gasteiger partial charge is 0.243 e. The lowest BCUT2D eigenvalue weighted by Crippen LogP contribution is -2.57. The van der Waals surface area contributed by atoms with Crippen LogP contribution in [0.5, 0.6) is 0 Å². The molecule has 0 unspecified atom stereocenters. The summed E-state index contributed by atoms with van der Waals surface area (Å²) in [5.41, 5.74) is 4.19. The van der Waals surface area contributed by atoms with E-state index in [2.05, 4.69) is 44.2 Å². The normalized spacial score (nSPS) is 27.5. The Hall–Kier alpha value is -1.65. The number of aryl methyl sites for hydroxylation is 3. The number of fused-ring (bicyclic) bond motifs is 1. The molecule has 2 aliphatic rings. The third-order valence-corrected chi connectivity index (χ3v) is 9.35. The Morgan fingerprint density at radius 2 is 1.59 bits per heavy atom. The van der Waals surface area contributed by atoms with Gasteiger partial charge in [-0.3, -0.25) is 0 Å². The van der Waals surface area contributed by atoms with Gasteiger partial charge in [0, 0.05) is 12.6 Å². The third-order valence-electron chi connectivity index (χ3n) is 7.15. The second kappa shape index (κ2) is 7.55. The van der Waals surface area contributed by atoms with Crippen LogP contribution >= 0.6 is 0 Å². The van der Waals surface area contributed by atoms with Gasteiger partial charge in [0.25, 0.3) is 0 Å². The number of hydrogen-bond donors (Lipinski definition) is 0. The molecule has 2 aromatic carbocycles. The van der Waals surface area contributed by atoms with Crippen LogP contribution in [0.1, 0.15) is 54.9 Å². The van der Waals surface area contributed by atoms with Crippen molar-refractivity contribution in [1.82, 2.24) is 4.31 Å². The average Bonchev–Trinajstić information content (AvgIpc) is 2.61. The molecule has 1 saturated heterocycles. The molecule has 0 N–H and O–H groups in total. The predicted octanol–water partition coefficient (Wildman–Crippen LogP) is 5.45. The molecule has 0 radical (unpaired) electrons. The minimum Gasteiger partial charge on any atom is -0.207 e. The number of benzene rings is 2. The first-order valence-corrected chi connectivity index (χ1v) is 12.3. The summed E-state index contributed by atoms with van der Waals surface area (Å²) >= 11 is 0. The molecule has 4 heteroatoms. The maximum atomic E-state index is 13.9. The maximum Gasteiger partial charge on any atom is 0.243 e. The van der Waals surface area contributed by atoms with Crippen LogP contribution in [-0.4, -0.2) is 25.3 Å². The first-order chi connectivity index (χ1) is 13.7. The van der Waals surface area contributed by atoms with E-state index in [-0.39, 0.29) is 6.04 Å². The summed E-state index contributed by atoms with van der Waals surface area (Å²) in [6.07, 6.45) is 2.17. The zero-order valence-corrected chi connectivity index (χ0v) is 19.0. The number of piperidine rings is 1. The fourth-order valence-corrected chi connectivity index (χ4v) is 8.00. The van der Waals surface area contributed by atoms with Crippen LogP contribution in [0.2, 0.25) is 0 Å². The summed E-state index contributed by atoms with van der Waals surface area (Å²) in [5, 5.41) is 0. The van der Waals surface area contributed by atoms with Crippen LogP contribution in [0.4, 0.5) is 0 Å². The van der Waals surface area contributed by atoms with Crippen molar-refractivity contribution >= 4 is 10.0 Å². The molecule has 4 rings (SSSR count). The van der Waals surface area contributed by atoms with Crippen LogP contribution < -0.4 is 0 Å². The standard InChI is InChI=1S/C25H33NO2S/c1-16(2)24-14-21-13-22(20-9-7-6-8-10-20)23(21)15-26(24)29(27,28)25-18(4)11-17(3)12-19(25)5/h6-12,16,21-24H,13-15H2,1-5H3/t21-,22-,23+,24-/m1/s1. The molecular weight excluding hydrogens is 378 g/mol. The maximum absolute atomic E-state index is 13.9. The summed E-state index contributed by atoms with van der Waals surface area (Å²) < 4.78 is 29.7. The summed E-state index contributed by atoms with van der Waals surface area (Å²) in [7, 11) is -3.53. The molecule has 3 nitrogen and oxygen atoms in total. The van der Waals surface area contributed by atoms with Crippen molar-refractivity contribution in [3.8, 4) is 0 Å². The number of hydrogen-bond acceptors (Lipinski definition) is 2. The third kappa shape index (κ3) is 3.55. The van der Waals surface area contributed by atoms with Crippen molar-refractivity contribution in [2.75, 3.05) is 6.54 Å². The number of sulfonamides is 1. The molecule has 0 spiro atoms. The van der Waals surface area contributed by atoms with Gasteiger partial charge in [-0.25, -0.2) is 8.42 Å². The van der Waals surface area contributed by atoms with Gasteiger partial charge in [-0.15, -0.1) is 0 Å². The van der Waals surface area contributed by atoms with Crippen molar-refractivity contribution in [2.24, 2.45) is 17.8 Å². The highest BCUT2D eigenvalue weighted by Crippen LogP contribution is 2.54. The Balaban J connectivity index is 1.70. The van der Waals surface area contributed by atoms with E-state index in [1.165, 1.54) is 12.0 Å². The lowest BCUT2D eigenvalue weighted by atomic mass is 9.58. The SMILES string of the molecule is Cc1cc(C)c(S(=O)(=O)N2C[C@H]3[C@H](C[C@@H]3c3ccccc3)C[C@@H]2C(C)C)c(C)c1. The van der Waals surface area contributed by atoms with E-state index in [1.807, 2.05) is 37.2 Å². The average molecular weight is 412 g/mol. The van der Waals surface area contributed by atoms with E-state index in [4.69, 9.17) is 0 Å².